The maximum absolute atomic E-state index is 14.6. The van der Waals surface area contributed by atoms with E-state index in [0.29, 0.717) is 17.4 Å². The predicted octanol–water partition coefficient (Wildman–Crippen LogP) is 6.82. The molecule has 1 N–H and O–H groups in total. The lowest BCUT2D eigenvalue weighted by molar-refractivity contribution is -0.140. The molecule has 0 aromatic heterocycles. The van der Waals surface area contributed by atoms with Crippen molar-refractivity contribution in [3.8, 4) is 5.75 Å². The SMILES string of the molecule is CCOc1ccccc1N(CC(=O)N(Cc1ccc(Cl)cc1)C(Cc1ccccc1)C(=O)NC(C)C)S(=O)(=O)c1ccc(SC)cc1. The lowest BCUT2D eigenvalue weighted by Gasteiger charge is -2.34. The lowest BCUT2D eigenvalue weighted by Crippen LogP contribution is -2.54. The molecule has 0 saturated carbocycles. The van der Waals surface area contributed by atoms with Crippen molar-refractivity contribution in [3.63, 3.8) is 0 Å². The first-order valence-electron chi connectivity index (χ1n) is 15.3. The number of thioether (sulfide) groups is 1. The number of sulfonamides is 1. The summed E-state index contributed by atoms with van der Waals surface area (Å²) in [5, 5.41) is 3.49. The average molecular weight is 694 g/mol. The molecule has 0 fully saturated rings. The van der Waals surface area contributed by atoms with Crippen LogP contribution in [0.25, 0.3) is 0 Å². The molecule has 8 nitrogen and oxygen atoms in total. The maximum Gasteiger partial charge on any atom is 0.264 e. The molecule has 1 unspecified atom stereocenters. The van der Waals surface area contributed by atoms with Gasteiger partial charge in [0.1, 0.15) is 18.3 Å². The molecule has 11 heteroatoms. The van der Waals surface area contributed by atoms with Crippen LogP contribution in [0, 0.1) is 0 Å². The fourth-order valence-electron chi connectivity index (χ4n) is 5.05. The summed E-state index contributed by atoms with van der Waals surface area (Å²) in [6.45, 7) is 5.26. The van der Waals surface area contributed by atoms with Crippen molar-refractivity contribution >= 4 is 50.9 Å². The van der Waals surface area contributed by atoms with Gasteiger partial charge in [0.15, 0.2) is 0 Å². The van der Waals surface area contributed by atoms with Gasteiger partial charge in [0, 0.05) is 28.9 Å². The Morgan fingerprint density at radius 1 is 0.872 bits per heavy atom. The van der Waals surface area contributed by atoms with Crippen LogP contribution in [0.2, 0.25) is 5.02 Å². The Morgan fingerprint density at radius 2 is 1.51 bits per heavy atom. The van der Waals surface area contributed by atoms with Crippen LogP contribution in [0.15, 0.2) is 113 Å². The molecular formula is C36H40ClN3O5S2. The monoisotopic (exact) mass is 693 g/mol. The molecule has 248 valence electrons. The highest BCUT2D eigenvalue weighted by molar-refractivity contribution is 7.98. The minimum absolute atomic E-state index is 0.0250. The normalized spacial score (nSPS) is 12.0. The number of rotatable bonds is 15. The molecule has 0 radical (unpaired) electrons. The second-order valence-corrected chi connectivity index (χ2v) is 14.3. The van der Waals surface area contributed by atoms with Crippen LogP contribution in [-0.2, 0) is 32.6 Å². The summed E-state index contributed by atoms with van der Waals surface area (Å²) in [6, 6.07) is 28.5. The Hall–Kier alpha value is -3.99. The minimum Gasteiger partial charge on any atom is -0.492 e. The molecule has 2 amide bonds. The molecule has 0 bridgehead atoms. The molecular weight excluding hydrogens is 654 g/mol. The Labute approximate surface area is 287 Å². The first kappa shape index (κ1) is 35.9. The summed E-state index contributed by atoms with van der Waals surface area (Å²) in [4.78, 5) is 30.9. The largest absolute Gasteiger partial charge is 0.492 e. The predicted molar refractivity (Wildman–Crippen MR) is 190 cm³/mol. The Balaban J connectivity index is 1.84. The van der Waals surface area contributed by atoms with Gasteiger partial charge in [-0.15, -0.1) is 11.8 Å². The first-order valence-corrected chi connectivity index (χ1v) is 18.3. The van der Waals surface area contributed by atoms with Crippen molar-refractivity contribution < 1.29 is 22.7 Å². The van der Waals surface area contributed by atoms with Gasteiger partial charge in [-0.1, -0.05) is 66.2 Å². The van der Waals surface area contributed by atoms with Gasteiger partial charge >= 0.3 is 0 Å². The Bertz CT molecular complexity index is 1730. The number of para-hydroxylation sites is 2. The third-order valence-corrected chi connectivity index (χ3v) is 10.1. The zero-order valence-corrected chi connectivity index (χ0v) is 29.3. The van der Waals surface area contributed by atoms with Crippen molar-refractivity contribution in [2.24, 2.45) is 0 Å². The highest BCUT2D eigenvalue weighted by atomic mass is 35.5. The quantitative estimate of drug-likeness (QED) is 0.137. The van der Waals surface area contributed by atoms with E-state index in [1.165, 1.54) is 28.8 Å². The summed E-state index contributed by atoms with van der Waals surface area (Å²) in [6.07, 6.45) is 2.13. The number of halogens is 1. The molecule has 0 saturated heterocycles. The van der Waals surface area contributed by atoms with Gasteiger partial charge in [-0.3, -0.25) is 13.9 Å². The summed E-state index contributed by atoms with van der Waals surface area (Å²) in [7, 11) is -4.27. The maximum atomic E-state index is 14.6. The zero-order valence-electron chi connectivity index (χ0n) is 26.9. The van der Waals surface area contributed by atoms with E-state index >= 15 is 0 Å². The first-order chi connectivity index (χ1) is 22.5. The number of carbonyl (C=O) groups is 2. The fourth-order valence-corrected chi connectivity index (χ4v) is 7.01. The van der Waals surface area contributed by atoms with E-state index in [2.05, 4.69) is 5.32 Å². The number of anilines is 1. The number of hydrogen-bond donors (Lipinski definition) is 1. The van der Waals surface area contributed by atoms with Crippen LogP contribution < -0.4 is 14.4 Å². The van der Waals surface area contributed by atoms with Gasteiger partial charge in [-0.2, -0.15) is 0 Å². The van der Waals surface area contributed by atoms with Crippen LogP contribution in [0.3, 0.4) is 0 Å². The third kappa shape index (κ3) is 9.53. The number of ether oxygens (including phenoxy) is 1. The topological polar surface area (TPSA) is 96.0 Å². The van der Waals surface area contributed by atoms with Gasteiger partial charge < -0.3 is 15.0 Å². The van der Waals surface area contributed by atoms with Crippen LogP contribution >= 0.6 is 23.4 Å². The second-order valence-electron chi connectivity index (χ2n) is 11.1. The minimum atomic E-state index is -4.27. The van der Waals surface area contributed by atoms with E-state index in [-0.39, 0.29) is 35.5 Å². The van der Waals surface area contributed by atoms with Gasteiger partial charge in [-0.25, -0.2) is 8.42 Å². The third-order valence-electron chi connectivity index (χ3n) is 7.33. The van der Waals surface area contributed by atoms with Crippen molar-refractivity contribution in [2.45, 2.75) is 55.6 Å². The number of benzene rings is 4. The van der Waals surface area contributed by atoms with Gasteiger partial charge in [0.2, 0.25) is 11.8 Å². The van der Waals surface area contributed by atoms with E-state index in [0.717, 1.165) is 20.3 Å². The molecule has 47 heavy (non-hydrogen) atoms. The summed E-state index contributed by atoms with van der Waals surface area (Å²) >= 11 is 7.66. The number of carbonyl (C=O) groups excluding carboxylic acids is 2. The molecule has 4 aromatic rings. The van der Waals surface area contributed by atoms with Crippen molar-refractivity contribution in [1.29, 1.82) is 0 Å². The van der Waals surface area contributed by atoms with Crippen LogP contribution in [0.4, 0.5) is 5.69 Å². The molecule has 0 aliphatic carbocycles. The van der Waals surface area contributed by atoms with Gasteiger partial charge in [0.05, 0.1) is 17.2 Å². The van der Waals surface area contributed by atoms with Gasteiger partial charge in [-0.05, 0) is 86.7 Å². The van der Waals surface area contributed by atoms with Crippen LogP contribution in [-0.4, -0.2) is 56.6 Å². The van der Waals surface area contributed by atoms with Crippen molar-refractivity contribution in [3.05, 3.63) is 119 Å². The number of nitrogens with zero attached hydrogens (tertiary/aromatic N) is 2. The number of hydrogen-bond acceptors (Lipinski definition) is 6. The summed E-state index contributed by atoms with van der Waals surface area (Å²) in [5.41, 5.74) is 1.80. The van der Waals surface area contributed by atoms with Crippen molar-refractivity contribution in [1.82, 2.24) is 10.2 Å². The van der Waals surface area contributed by atoms with Gasteiger partial charge in [0.25, 0.3) is 10.0 Å². The van der Waals surface area contributed by atoms with E-state index in [9.17, 15) is 18.0 Å². The molecule has 0 aliphatic rings. The van der Waals surface area contributed by atoms with E-state index in [4.69, 9.17) is 16.3 Å². The van der Waals surface area contributed by atoms with E-state index in [1.807, 2.05) is 50.4 Å². The molecule has 1 atom stereocenters. The second kappa shape index (κ2) is 16.7. The summed E-state index contributed by atoms with van der Waals surface area (Å²) in [5.74, 6) is -0.590. The highest BCUT2D eigenvalue weighted by Crippen LogP contribution is 2.33. The molecule has 4 aromatic carbocycles. The molecule has 0 spiro atoms. The Kier molecular flexibility index (Phi) is 12.8. The number of nitrogens with one attached hydrogen (secondary N) is 1. The zero-order chi connectivity index (χ0) is 34.0. The smallest absolute Gasteiger partial charge is 0.264 e. The molecule has 4 rings (SSSR count). The lowest BCUT2D eigenvalue weighted by atomic mass is 10.0. The standard InChI is InChI=1S/C36H40ClN3O5S2/c1-5-45-34-14-10-9-13-32(34)40(47(43,44)31-21-19-30(46-4)20-22-31)25-35(41)39(24-28-15-17-29(37)18-16-28)33(36(42)38-26(2)3)23-27-11-7-6-8-12-27/h6-22,26,33H,5,23-25H2,1-4H3,(H,38,42). The fraction of sp³-hybridized carbons (Fsp3) is 0.278. The van der Waals surface area contributed by atoms with E-state index < -0.39 is 28.5 Å². The van der Waals surface area contributed by atoms with Crippen LogP contribution in [0.5, 0.6) is 5.75 Å². The van der Waals surface area contributed by atoms with E-state index in [1.54, 1.807) is 67.6 Å². The average Bonchev–Trinajstić information content (AvgIpc) is 3.06. The molecule has 0 heterocycles. The highest BCUT2D eigenvalue weighted by Gasteiger charge is 2.35. The number of amides is 2. The summed E-state index contributed by atoms with van der Waals surface area (Å²) < 4.78 is 35.7. The van der Waals surface area contributed by atoms with Crippen molar-refractivity contribution in [2.75, 3.05) is 23.7 Å². The van der Waals surface area contributed by atoms with Crippen LogP contribution in [0.1, 0.15) is 31.9 Å². The Morgan fingerprint density at radius 3 is 2.13 bits per heavy atom. The molecule has 0 aliphatic heterocycles.